The number of aromatic nitrogens is 3. The van der Waals surface area contributed by atoms with E-state index >= 15 is 0 Å². The predicted octanol–water partition coefficient (Wildman–Crippen LogP) is 12.0. The molecule has 0 amide bonds. The fourth-order valence-corrected chi connectivity index (χ4v) is 8.98. The molecule has 0 saturated carbocycles. The van der Waals surface area contributed by atoms with Gasteiger partial charge in [0.05, 0.1) is 0 Å². The van der Waals surface area contributed by atoms with Crippen LogP contribution in [0.25, 0.3) is 99.7 Å². The van der Waals surface area contributed by atoms with Gasteiger partial charge in [-0.1, -0.05) is 140 Å². The van der Waals surface area contributed by atoms with E-state index in [0.717, 1.165) is 89.6 Å². The zero-order valence-electron chi connectivity index (χ0n) is 31.3. The van der Waals surface area contributed by atoms with Crippen molar-refractivity contribution in [3.05, 3.63) is 198 Å². The molecule has 0 spiro atoms. The standard InChI is InChI=1S/C53H33N3O2/c1-2-12-32(13-3-1)35-26-27-43-48(31-35)58-46-22-10-19-40(49(43)46)39-28-29-41(38-17-7-6-16-37(38)39)52-54-51(36-25-24-33-14-4-5-15-34(33)30-36)55-53(56-52)44-20-11-23-47-50(44)42-18-8-9-21-45(42)57-47/h1-27,30-31H,28-29H2. The highest BCUT2D eigenvalue weighted by atomic mass is 16.3. The topological polar surface area (TPSA) is 65.0 Å². The summed E-state index contributed by atoms with van der Waals surface area (Å²) < 4.78 is 12.9. The van der Waals surface area contributed by atoms with Crippen LogP contribution in [0.5, 0.6) is 0 Å². The molecule has 0 N–H and O–H groups in total. The highest BCUT2D eigenvalue weighted by Gasteiger charge is 2.23. The van der Waals surface area contributed by atoms with E-state index in [4.69, 9.17) is 23.8 Å². The van der Waals surface area contributed by atoms with E-state index in [1.54, 1.807) is 0 Å². The molecule has 0 radical (unpaired) electrons. The van der Waals surface area contributed by atoms with E-state index in [2.05, 4.69) is 140 Å². The van der Waals surface area contributed by atoms with Crippen LogP contribution in [0.1, 0.15) is 24.2 Å². The average Bonchev–Trinajstić information content (AvgIpc) is 3.87. The maximum absolute atomic E-state index is 6.56. The first-order valence-electron chi connectivity index (χ1n) is 19.7. The second kappa shape index (κ2) is 13.0. The molecule has 0 bridgehead atoms. The van der Waals surface area contributed by atoms with Crippen molar-refractivity contribution in [3.8, 4) is 33.9 Å². The second-order valence-electron chi connectivity index (χ2n) is 15.0. The van der Waals surface area contributed by atoms with Crippen LogP contribution in [0.15, 0.2) is 185 Å². The number of hydrogen-bond donors (Lipinski definition) is 0. The van der Waals surface area contributed by atoms with Crippen LogP contribution in [0.3, 0.4) is 0 Å². The van der Waals surface area contributed by atoms with Gasteiger partial charge in [0.2, 0.25) is 0 Å². The molecule has 12 rings (SSSR count). The third kappa shape index (κ3) is 5.21. The monoisotopic (exact) mass is 743 g/mol. The first-order chi connectivity index (χ1) is 28.7. The lowest BCUT2D eigenvalue weighted by molar-refractivity contribution is 0.668. The van der Waals surface area contributed by atoms with Gasteiger partial charge in [-0.2, -0.15) is 0 Å². The Balaban J connectivity index is 1.09. The van der Waals surface area contributed by atoms with Crippen molar-refractivity contribution in [1.29, 1.82) is 0 Å². The average molecular weight is 744 g/mol. The minimum absolute atomic E-state index is 0.620. The van der Waals surface area contributed by atoms with Gasteiger partial charge in [0.15, 0.2) is 17.5 Å². The van der Waals surface area contributed by atoms with Crippen LogP contribution < -0.4 is 10.4 Å². The molecule has 272 valence electrons. The van der Waals surface area contributed by atoms with Gasteiger partial charge < -0.3 is 8.83 Å². The summed E-state index contributed by atoms with van der Waals surface area (Å²) in [4.78, 5) is 15.9. The first kappa shape index (κ1) is 32.6. The van der Waals surface area contributed by atoms with Crippen LogP contribution in [-0.4, -0.2) is 15.0 Å². The number of fused-ring (bicyclic) bond motifs is 8. The van der Waals surface area contributed by atoms with Gasteiger partial charge in [-0.15, -0.1) is 0 Å². The molecule has 0 saturated heterocycles. The van der Waals surface area contributed by atoms with E-state index in [1.165, 1.54) is 27.3 Å². The number of furan rings is 2. The van der Waals surface area contributed by atoms with Crippen molar-refractivity contribution < 1.29 is 8.83 Å². The largest absolute Gasteiger partial charge is 0.456 e. The van der Waals surface area contributed by atoms with Crippen LogP contribution >= 0.6 is 0 Å². The number of nitrogens with zero attached hydrogens (tertiary/aromatic N) is 3. The van der Waals surface area contributed by atoms with Crippen molar-refractivity contribution in [2.75, 3.05) is 0 Å². The number of rotatable bonds is 5. The maximum atomic E-state index is 6.56. The Hall–Kier alpha value is -7.63. The Morgan fingerprint density at radius 2 is 0.948 bits per heavy atom. The molecule has 3 aromatic heterocycles. The summed E-state index contributed by atoms with van der Waals surface area (Å²) in [6.45, 7) is 0. The normalized spacial score (nSPS) is 13.0. The maximum Gasteiger partial charge on any atom is 0.164 e. The first-order valence-corrected chi connectivity index (χ1v) is 19.7. The van der Waals surface area contributed by atoms with E-state index in [1.807, 2.05) is 36.4 Å². The van der Waals surface area contributed by atoms with Crippen molar-refractivity contribution >= 4 is 65.8 Å². The summed E-state index contributed by atoms with van der Waals surface area (Å²) in [6.07, 6.45) is 1.57. The molecule has 0 atom stereocenters. The highest BCUT2D eigenvalue weighted by Crippen LogP contribution is 2.39. The number of benzene rings is 8. The van der Waals surface area contributed by atoms with Crippen LogP contribution in [0, 0.1) is 0 Å². The molecule has 0 aliphatic heterocycles. The lowest BCUT2D eigenvalue weighted by Gasteiger charge is -2.18. The van der Waals surface area contributed by atoms with E-state index in [9.17, 15) is 0 Å². The van der Waals surface area contributed by atoms with Gasteiger partial charge >= 0.3 is 0 Å². The number of hydrogen-bond acceptors (Lipinski definition) is 5. The molecular weight excluding hydrogens is 711 g/mol. The van der Waals surface area contributed by atoms with E-state index < -0.39 is 0 Å². The zero-order chi connectivity index (χ0) is 38.2. The lowest BCUT2D eigenvalue weighted by atomic mass is 9.87. The van der Waals surface area contributed by atoms with Gasteiger partial charge in [0.1, 0.15) is 22.3 Å². The van der Waals surface area contributed by atoms with Gasteiger partial charge in [0, 0.05) is 38.2 Å². The fraction of sp³-hybridized carbons (Fsp3) is 0.0377. The Bertz CT molecular complexity index is 3580. The number of para-hydroxylation sites is 1. The zero-order valence-corrected chi connectivity index (χ0v) is 31.3. The molecule has 3 heterocycles. The highest BCUT2D eigenvalue weighted by molar-refractivity contribution is 6.12. The Labute approximate surface area is 332 Å². The summed E-state index contributed by atoms with van der Waals surface area (Å²) >= 11 is 0. The molecule has 0 fully saturated rings. The molecule has 1 aliphatic rings. The third-order valence-electron chi connectivity index (χ3n) is 11.7. The van der Waals surface area contributed by atoms with Gasteiger partial charge in [-0.05, 0) is 92.7 Å². The molecule has 11 aromatic rings. The fourth-order valence-electron chi connectivity index (χ4n) is 8.98. The van der Waals surface area contributed by atoms with Crippen molar-refractivity contribution in [2.24, 2.45) is 0 Å². The molecule has 5 nitrogen and oxygen atoms in total. The third-order valence-corrected chi connectivity index (χ3v) is 11.7. The smallest absolute Gasteiger partial charge is 0.164 e. The summed E-state index contributed by atoms with van der Waals surface area (Å²) in [5.41, 5.74) is 11.2. The van der Waals surface area contributed by atoms with Gasteiger partial charge in [-0.25, -0.2) is 15.0 Å². The summed E-state index contributed by atoms with van der Waals surface area (Å²) in [5.74, 6) is 1.94. The SMILES string of the molecule is c1ccc(-c2ccc3c(c2)oc2cccc(C4=c5ccccc5=C(c5nc(-c6ccc7ccccc7c6)nc(-c6cccc7oc8ccccc8c67)n5)CC4)c23)cc1. The summed E-state index contributed by atoms with van der Waals surface area (Å²) in [7, 11) is 0. The van der Waals surface area contributed by atoms with Crippen molar-refractivity contribution in [2.45, 2.75) is 12.8 Å². The van der Waals surface area contributed by atoms with Crippen LogP contribution in [-0.2, 0) is 0 Å². The Kier molecular flexibility index (Phi) is 7.29. The minimum atomic E-state index is 0.620. The molecule has 0 unspecified atom stereocenters. The lowest BCUT2D eigenvalue weighted by Crippen LogP contribution is -2.33. The van der Waals surface area contributed by atoms with Crippen molar-refractivity contribution in [1.82, 2.24) is 15.0 Å². The van der Waals surface area contributed by atoms with Crippen LogP contribution in [0.4, 0.5) is 0 Å². The molecular formula is C53H33N3O2. The predicted molar refractivity (Wildman–Crippen MR) is 235 cm³/mol. The summed E-state index contributed by atoms with van der Waals surface area (Å²) in [5, 5.41) is 8.93. The van der Waals surface area contributed by atoms with Gasteiger partial charge in [-0.3, -0.25) is 0 Å². The molecule has 5 heteroatoms. The van der Waals surface area contributed by atoms with Gasteiger partial charge in [0.25, 0.3) is 0 Å². The molecule has 1 aliphatic carbocycles. The quantitative estimate of drug-likeness (QED) is 0.176. The Morgan fingerprint density at radius 1 is 0.345 bits per heavy atom. The van der Waals surface area contributed by atoms with E-state index in [0.29, 0.717) is 17.5 Å². The molecule has 58 heavy (non-hydrogen) atoms. The Morgan fingerprint density at radius 3 is 1.81 bits per heavy atom. The summed E-state index contributed by atoms with van der Waals surface area (Å²) in [6, 6.07) is 61.3. The van der Waals surface area contributed by atoms with Crippen LogP contribution in [0.2, 0.25) is 0 Å². The molecule has 8 aromatic carbocycles. The van der Waals surface area contributed by atoms with E-state index in [-0.39, 0.29) is 0 Å². The second-order valence-corrected chi connectivity index (χ2v) is 15.0. The minimum Gasteiger partial charge on any atom is -0.456 e. The van der Waals surface area contributed by atoms with Crippen molar-refractivity contribution in [3.63, 3.8) is 0 Å².